The van der Waals surface area contributed by atoms with Gasteiger partial charge in [-0.1, -0.05) is 0 Å². The van der Waals surface area contributed by atoms with E-state index in [4.69, 9.17) is 9.47 Å². The molecule has 1 heterocycles. The van der Waals surface area contributed by atoms with Crippen LogP contribution in [0.5, 0.6) is 5.75 Å². The van der Waals surface area contributed by atoms with Gasteiger partial charge in [-0.2, -0.15) is 0 Å². The fourth-order valence-corrected chi connectivity index (χ4v) is 1.60. The average Bonchev–Trinajstić information content (AvgIpc) is 2.74. The van der Waals surface area contributed by atoms with Crippen LogP contribution in [0, 0.1) is 0 Å². The fourth-order valence-electron chi connectivity index (χ4n) is 1.60. The Labute approximate surface area is 86.8 Å². The number of esters is 1. The highest BCUT2D eigenvalue weighted by molar-refractivity contribution is 6.06. The molecule has 78 valence electrons. The molecule has 0 saturated heterocycles. The second-order valence-electron chi connectivity index (χ2n) is 3.07. The summed E-state index contributed by atoms with van der Waals surface area (Å²) in [6, 6.07) is 5.43. The van der Waals surface area contributed by atoms with Gasteiger partial charge in [-0.05, 0) is 18.2 Å². The summed E-state index contributed by atoms with van der Waals surface area (Å²) in [5.41, 5.74) is 1.34. The Balaban J connectivity index is 2.74. The standard InChI is InChI=1S/C11H11NO3/c1-14-9-4-3-8-7(5-6-12-8)10(9)11(13)15-2/h3-6,12H,1-2H3. The number of nitrogens with one attached hydrogen (secondary N) is 1. The molecule has 4 nitrogen and oxygen atoms in total. The van der Waals surface area contributed by atoms with E-state index < -0.39 is 5.97 Å². The van der Waals surface area contributed by atoms with Gasteiger partial charge >= 0.3 is 5.97 Å². The summed E-state index contributed by atoms with van der Waals surface area (Å²) in [6.07, 6.45) is 1.77. The Hall–Kier alpha value is -1.97. The molecule has 0 aliphatic heterocycles. The second kappa shape index (κ2) is 3.65. The van der Waals surface area contributed by atoms with Crippen molar-refractivity contribution >= 4 is 16.9 Å². The molecule has 1 aromatic carbocycles. The van der Waals surface area contributed by atoms with Crippen molar-refractivity contribution in [2.45, 2.75) is 0 Å². The molecule has 0 unspecified atom stereocenters. The number of benzene rings is 1. The lowest BCUT2D eigenvalue weighted by Gasteiger charge is -2.07. The van der Waals surface area contributed by atoms with Crippen molar-refractivity contribution in [2.24, 2.45) is 0 Å². The zero-order valence-corrected chi connectivity index (χ0v) is 8.53. The summed E-state index contributed by atoms with van der Waals surface area (Å²) in [5.74, 6) is 0.131. The van der Waals surface area contributed by atoms with Gasteiger partial charge in [0.1, 0.15) is 11.3 Å². The van der Waals surface area contributed by atoms with E-state index in [0.717, 1.165) is 10.9 Å². The summed E-state index contributed by atoms with van der Waals surface area (Å²) in [7, 11) is 2.88. The van der Waals surface area contributed by atoms with Gasteiger partial charge in [0.15, 0.2) is 0 Å². The highest BCUT2D eigenvalue weighted by Crippen LogP contribution is 2.27. The Bertz CT molecular complexity index is 502. The molecule has 0 aliphatic rings. The third-order valence-corrected chi connectivity index (χ3v) is 2.31. The fraction of sp³-hybridized carbons (Fsp3) is 0.182. The minimum Gasteiger partial charge on any atom is -0.496 e. The number of carbonyl (C=O) groups is 1. The largest absolute Gasteiger partial charge is 0.496 e. The number of aromatic nitrogens is 1. The predicted molar refractivity (Wildman–Crippen MR) is 56.2 cm³/mol. The molecule has 0 atom stereocenters. The lowest BCUT2D eigenvalue weighted by Crippen LogP contribution is -2.04. The zero-order valence-electron chi connectivity index (χ0n) is 8.53. The first kappa shape index (κ1) is 9.58. The van der Waals surface area contributed by atoms with E-state index in [2.05, 4.69) is 4.98 Å². The van der Waals surface area contributed by atoms with Crippen LogP contribution in [0.2, 0.25) is 0 Å². The van der Waals surface area contributed by atoms with Crippen LogP contribution in [0.4, 0.5) is 0 Å². The number of H-pyrrole nitrogens is 1. The molecule has 0 spiro atoms. The first-order valence-corrected chi connectivity index (χ1v) is 4.50. The second-order valence-corrected chi connectivity index (χ2v) is 3.07. The summed E-state index contributed by atoms with van der Waals surface area (Å²) < 4.78 is 9.85. The first-order valence-electron chi connectivity index (χ1n) is 4.50. The van der Waals surface area contributed by atoms with Gasteiger partial charge in [-0.3, -0.25) is 0 Å². The van der Waals surface area contributed by atoms with Crippen molar-refractivity contribution in [3.05, 3.63) is 30.0 Å². The number of hydrogen-bond acceptors (Lipinski definition) is 3. The normalized spacial score (nSPS) is 10.3. The smallest absolute Gasteiger partial charge is 0.342 e. The Kier molecular flexibility index (Phi) is 2.33. The van der Waals surface area contributed by atoms with E-state index in [1.54, 1.807) is 12.3 Å². The van der Waals surface area contributed by atoms with Crippen LogP contribution in [0.25, 0.3) is 10.9 Å². The summed E-state index contributed by atoms with van der Waals surface area (Å²) in [6.45, 7) is 0. The van der Waals surface area contributed by atoms with Crippen molar-refractivity contribution in [1.29, 1.82) is 0 Å². The van der Waals surface area contributed by atoms with Crippen molar-refractivity contribution in [1.82, 2.24) is 4.98 Å². The van der Waals surface area contributed by atoms with Crippen LogP contribution in [0.1, 0.15) is 10.4 Å². The van der Waals surface area contributed by atoms with Gasteiger partial charge in [-0.25, -0.2) is 4.79 Å². The van der Waals surface area contributed by atoms with Crippen LogP contribution < -0.4 is 4.74 Å². The Morgan fingerprint density at radius 3 is 2.73 bits per heavy atom. The molecule has 15 heavy (non-hydrogen) atoms. The Morgan fingerprint density at radius 1 is 1.27 bits per heavy atom. The van der Waals surface area contributed by atoms with Crippen LogP contribution in [0.3, 0.4) is 0 Å². The molecule has 2 rings (SSSR count). The van der Waals surface area contributed by atoms with E-state index in [0.29, 0.717) is 11.3 Å². The maximum Gasteiger partial charge on any atom is 0.342 e. The van der Waals surface area contributed by atoms with Crippen molar-refractivity contribution < 1.29 is 14.3 Å². The SMILES string of the molecule is COC(=O)c1c(OC)ccc2[nH]ccc12. The van der Waals surface area contributed by atoms with Crippen LogP contribution in [-0.2, 0) is 4.74 Å². The molecule has 2 aromatic rings. The van der Waals surface area contributed by atoms with E-state index in [1.165, 1.54) is 14.2 Å². The van der Waals surface area contributed by atoms with Crippen LogP contribution >= 0.6 is 0 Å². The molecule has 0 aliphatic carbocycles. The van der Waals surface area contributed by atoms with Gasteiger partial charge in [0.2, 0.25) is 0 Å². The molecule has 0 radical (unpaired) electrons. The Morgan fingerprint density at radius 2 is 2.07 bits per heavy atom. The molecular formula is C11H11NO3. The average molecular weight is 205 g/mol. The molecule has 0 saturated carbocycles. The third kappa shape index (κ3) is 1.44. The van der Waals surface area contributed by atoms with Crippen LogP contribution in [-0.4, -0.2) is 25.2 Å². The lowest BCUT2D eigenvalue weighted by molar-refractivity contribution is 0.0599. The van der Waals surface area contributed by atoms with Gasteiger partial charge in [0, 0.05) is 17.1 Å². The van der Waals surface area contributed by atoms with Crippen molar-refractivity contribution in [3.63, 3.8) is 0 Å². The number of methoxy groups -OCH3 is 2. The molecular weight excluding hydrogens is 194 g/mol. The number of rotatable bonds is 2. The number of fused-ring (bicyclic) bond motifs is 1. The van der Waals surface area contributed by atoms with Crippen LogP contribution in [0.15, 0.2) is 24.4 Å². The number of carbonyl (C=O) groups excluding carboxylic acids is 1. The summed E-state index contributed by atoms with van der Waals surface area (Å²) >= 11 is 0. The van der Waals surface area contributed by atoms with Gasteiger partial charge in [0.05, 0.1) is 14.2 Å². The predicted octanol–water partition coefficient (Wildman–Crippen LogP) is 1.96. The number of aromatic amines is 1. The van der Waals surface area contributed by atoms with E-state index >= 15 is 0 Å². The van der Waals surface area contributed by atoms with Gasteiger partial charge < -0.3 is 14.5 Å². The molecule has 4 heteroatoms. The lowest BCUT2D eigenvalue weighted by atomic mass is 10.1. The number of hydrogen-bond donors (Lipinski definition) is 1. The first-order chi connectivity index (χ1) is 7.27. The van der Waals surface area contributed by atoms with Gasteiger partial charge in [0.25, 0.3) is 0 Å². The highest BCUT2D eigenvalue weighted by atomic mass is 16.5. The minimum atomic E-state index is -0.392. The van der Waals surface area contributed by atoms with E-state index in [1.807, 2.05) is 12.1 Å². The highest BCUT2D eigenvalue weighted by Gasteiger charge is 2.16. The number of ether oxygens (including phenoxy) is 2. The molecule has 0 bridgehead atoms. The van der Waals surface area contributed by atoms with E-state index in [9.17, 15) is 4.79 Å². The van der Waals surface area contributed by atoms with Gasteiger partial charge in [-0.15, -0.1) is 0 Å². The quantitative estimate of drug-likeness (QED) is 0.762. The van der Waals surface area contributed by atoms with E-state index in [-0.39, 0.29) is 0 Å². The summed E-state index contributed by atoms with van der Waals surface area (Å²) in [5, 5.41) is 0.807. The molecule has 1 N–H and O–H groups in total. The molecule has 1 aromatic heterocycles. The maximum atomic E-state index is 11.6. The zero-order chi connectivity index (χ0) is 10.8. The summed E-state index contributed by atoms with van der Waals surface area (Å²) in [4.78, 5) is 14.6. The third-order valence-electron chi connectivity index (χ3n) is 2.31. The van der Waals surface area contributed by atoms with Crippen molar-refractivity contribution in [3.8, 4) is 5.75 Å². The molecule has 0 amide bonds. The maximum absolute atomic E-state index is 11.6. The minimum absolute atomic E-state index is 0.392. The topological polar surface area (TPSA) is 51.3 Å². The monoisotopic (exact) mass is 205 g/mol. The van der Waals surface area contributed by atoms with Crippen molar-refractivity contribution in [2.75, 3.05) is 14.2 Å². The molecule has 0 fully saturated rings.